The topological polar surface area (TPSA) is 84.4 Å². The van der Waals surface area contributed by atoms with Crippen molar-refractivity contribution in [1.82, 2.24) is 15.1 Å². The number of hydrogen-bond acceptors (Lipinski definition) is 6. The fourth-order valence-corrected chi connectivity index (χ4v) is 4.81. The lowest BCUT2D eigenvalue weighted by Gasteiger charge is -2.31. The van der Waals surface area contributed by atoms with Crippen LogP contribution in [0.15, 0.2) is 48.5 Å². The number of aryl methyl sites for hydroxylation is 1. The summed E-state index contributed by atoms with van der Waals surface area (Å²) in [5.41, 5.74) is 1.76. The molecule has 1 aromatic heterocycles. The van der Waals surface area contributed by atoms with Crippen molar-refractivity contribution in [2.24, 2.45) is 0 Å². The van der Waals surface area contributed by atoms with Crippen molar-refractivity contribution in [3.8, 4) is 5.75 Å². The summed E-state index contributed by atoms with van der Waals surface area (Å²) in [5.74, 6) is 0.741. The number of aromatic nitrogens is 2. The summed E-state index contributed by atoms with van der Waals surface area (Å²) in [6, 6.07) is 14.7. The van der Waals surface area contributed by atoms with Gasteiger partial charge in [0.1, 0.15) is 10.8 Å². The molecule has 9 heteroatoms. The zero-order valence-electron chi connectivity index (χ0n) is 18.3. The average molecular weight is 485 g/mol. The number of hydrogen-bond donors (Lipinski definition) is 1. The second kappa shape index (κ2) is 10.8. The summed E-state index contributed by atoms with van der Waals surface area (Å²) in [5, 5.41) is 12.9. The first kappa shape index (κ1) is 23.2. The van der Waals surface area contributed by atoms with Crippen LogP contribution in [-0.4, -0.2) is 47.1 Å². The van der Waals surface area contributed by atoms with Crippen LogP contribution in [0.25, 0.3) is 0 Å². The molecule has 172 valence electrons. The number of rotatable bonds is 7. The third kappa shape index (κ3) is 6.09. The van der Waals surface area contributed by atoms with E-state index < -0.39 is 0 Å². The number of methoxy groups -OCH3 is 1. The van der Waals surface area contributed by atoms with Gasteiger partial charge in [0, 0.05) is 36.1 Å². The van der Waals surface area contributed by atoms with Crippen LogP contribution in [0.2, 0.25) is 5.02 Å². The number of nitrogens with zero attached hydrogens (tertiary/aromatic N) is 3. The number of piperidine rings is 1. The Labute approximate surface area is 201 Å². The zero-order chi connectivity index (χ0) is 23.2. The van der Waals surface area contributed by atoms with Crippen molar-refractivity contribution in [2.75, 3.05) is 25.5 Å². The number of halogens is 1. The molecule has 2 amide bonds. The summed E-state index contributed by atoms with van der Waals surface area (Å²) in [6.45, 7) is 1.36. The molecule has 33 heavy (non-hydrogen) atoms. The second-order valence-electron chi connectivity index (χ2n) is 7.93. The Hall–Kier alpha value is -2.97. The molecule has 4 rings (SSSR count). The van der Waals surface area contributed by atoms with Gasteiger partial charge in [0.15, 0.2) is 0 Å². The molecule has 2 heterocycles. The highest BCUT2D eigenvalue weighted by molar-refractivity contribution is 7.13. The average Bonchev–Trinajstić information content (AvgIpc) is 3.35. The van der Waals surface area contributed by atoms with E-state index in [2.05, 4.69) is 15.5 Å². The number of ether oxygens (including phenoxy) is 1. The van der Waals surface area contributed by atoms with E-state index in [0.29, 0.717) is 35.1 Å². The largest absolute Gasteiger partial charge is 0.497 e. The van der Waals surface area contributed by atoms with E-state index in [9.17, 15) is 9.59 Å². The molecule has 0 bridgehead atoms. The van der Waals surface area contributed by atoms with Crippen LogP contribution >= 0.6 is 22.9 Å². The monoisotopic (exact) mass is 484 g/mol. The third-order valence-corrected chi connectivity index (χ3v) is 6.98. The molecule has 7 nitrogen and oxygen atoms in total. The molecule has 0 aliphatic carbocycles. The summed E-state index contributed by atoms with van der Waals surface area (Å²) in [4.78, 5) is 27.2. The maximum Gasteiger partial charge on any atom is 0.286 e. The Morgan fingerprint density at radius 3 is 2.64 bits per heavy atom. The molecular weight excluding hydrogens is 460 g/mol. The number of carbonyl (C=O) groups excluding carboxylic acids is 2. The zero-order valence-corrected chi connectivity index (χ0v) is 19.9. The fourth-order valence-electron chi connectivity index (χ4n) is 3.82. The number of likely N-dealkylation sites (tertiary alicyclic amines) is 1. The number of benzene rings is 2. The lowest BCUT2D eigenvalue weighted by molar-refractivity contribution is -0.132. The molecule has 1 saturated heterocycles. The fraction of sp³-hybridized carbons (Fsp3) is 0.333. The molecular formula is C24H25ClN4O3S. The lowest BCUT2D eigenvalue weighted by Crippen LogP contribution is -2.39. The lowest BCUT2D eigenvalue weighted by atomic mass is 9.98. The van der Waals surface area contributed by atoms with E-state index in [-0.39, 0.29) is 17.7 Å². The van der Waals surface area contributed by atoms with E-state index >= 15 is 0 Å². The van der Waals surface area contributed by atoms with Gasteiger partial charge in [0.25, 0.3) is 5.91 Å². The highest BCUT2D eigenvalue weighted by Crippen LogP contribution is 2.30. The smallest absolute Gasteiger partial charge is 0.286 e. The molecule has 1 atom stereocenters. The molecule has 3 aromatic rings. The molecule has 1 fully saturated rings. The predicted molar refractivity (Wildman–Crippen MR) is 129 cm³/mol. The normalized spacial score (nSPS) is 15.8. The molecule has 0 radical (unpaired) electrons. The van der Waals surface area contributed by atoms with Crippen LogP contribution in [-0.2, 0) is 11.2 Å². The van der Waals surface area contributed by atoms with Crippen LogP contribution in [0, 0.1) is 0 Å². The van der Waals surface area contributed by atoms with Gasteiger partial charge in [-0.25, -0.2) is 0 Å². The molecule has 1 N–H and O–H groups in total. The maximum atomic E-state index is 12.8. The van der Waals surface area contributed by atoms with Gasteiger partial charge in [-0.1, -0.05) is 35.1 Å². The molecule has 1 aliphatic heterocycles. The Bertz CT molecular complexity index is 1100. The van der Waals surface area contributed by atoms with Crippen molar-refractivity contribution in [1.29, 1.82) is 0 Å². The van der Waals surface area contributed by atoms with Crippen molar-refractivity contribution < 1.29 is 14.3 Å². The first-order chi connectivity index (χ1) is 16.0. The first-order valence-corrected chi connectivity index (χ1v) is 12.0. The minimum Gasteiger partial charge on any atom is -0.497 e. The minimum absolute atomic E-state index is 0.0956. The highest BCUT2D eigenvalue weighted by atomic mass is 35.5. The molecule has 1 aliphatic rings. The Morgan fingerprint density at radius 2 is 1.91 bits per heavy atom. The van der Waals surface area contributed by atoms with Gasteiger partial charge in [0.05, 0.1) is 7.11 Å². The quantitative estimate of drug-likeness (QED) is 0.521. The summed E-state index contributed by atoms with van der Waals surface area (Å²) < 4.78 is 5.18. The molecule has 0 unspecified atom stereocenters. The van der Waals surface area contributed by atoms with Crippen LogP contribution in [0.1, 0.15) is 45.6 Å². The minimum atomic E-state index is -0.302. The maximum absolute atomic E-state index is 12.8. The van der Waals surface area contributed by atoms with Crippen LogP contribution in [0.5, 0.6) is 5.75 Å². The number of amides is 2. The molecule has 2 aromatic carbocycles. The van der Waals surface area contributed by atoms with E-state index in [1.165, 1.54) is 11.3 Å². The summed E-state index contributed by atoms with van der Waals surface area (Å²) >= 11 is 7.17. The van der Waals surface area contributed by atoms with Gasteiger partial charge in [-0.3, -0.25) is 9.59 Å². The number of nitrogens with one attached hydrogen (secondary N) is 1. The van der Waals surface area contributed by atoms with Crippen LogP contribution < -0.4 is 10.1 Å². The van der Waals surface area contributed by atoms with Gasteiger partial charge < -0.3 is 15.0 Å². The van der Waals surface area contributed by atoms with Gasteiger partial charge in [-0.2, -0.15) is 0 Å². The van der Waals surface area contributed by atoms with E-state index in [0.717, 1.165) is 35.7 Å². The Kier molecular flexibility index (Phi) is 7.57. The standard InChI is InChI=1S/C24H25ClN4O3S/c1-32-20-11-4-16(5-12-20)6-13-21(30)29-14-2-3-17(15-29)23-27-28-24(33-23)22(31)26-19-9-7-18(25)8-10-19/h4-5,7-12,17H,2-3,6,13-15H2,1H3,(H,26,31)/t17-/m1/s1. The number of carbonyl (C=O) groups is 2. The predicted octanol–water partition coefficient (Wildman–Crippen LogP) is 4.79. The highest BCUT2D eigenvalue weighted by Gasteiger charge is 2.28. The Balaban J connectivity index is 1.32. The van der Waals surface area contributed by atoms with Crippen molar-refractivity contribution in [3.63, 3.8) is 0 Å². The van der Waals surface area contributed by atoms with Gasteiger partial charge in [0.2, 0.25) is 10.9 Å². The van der Waals surface area contributed by atoms with Gasteiger partial charge >= 0.3 is 0 Å². The van der Waals surface area contributed by atoms with E-state index in [1.54, 1.807) is 31.4 Å². The molecule has 0 spiro atoms. The van der Waals surface area contributed by atoms with Gasteiger partial charge in [-0.05, 0) is 61.2 Å². The number of anilines is 1. The van der Waals surface area contributed by atoms with Crippen LogP contribution in [0.3, 0.4) is 0 Å². The van der Waals surface area contributed by atoms with E-state index in [1.807, 2.05) is 29.2 Å². The second-order valence-corrected chi connectivity index (χ2v) is 9.38. The molecule has 0 saturated carbocycles. The third-order valence-electron chi connectivity index (χ3n) is 5.65. The van der Waals surface area contributed by atoms with Crippen molar-refractivity contribution in [2.45, 2.75) is 31.6 Å². The summed E-state index contributed by atoms with van der Waals surface area (Å²) in [6.07, 6.45) is 2.99. The Morgan fingerprint density at radius 1 is 1.15 bits per heavy atom. The van der Waals surface area contributed by atoms with E-state index in [4.69, 9.17) is 16.3 Å². The van der Waals surface area contributed by atoms with Crippen molar-refractivity contribution >= 4 is 40.4 Å². The van der Waals surface area contributed by atoms with Crippen molar-refractivity contribution in [3.05, 3.63) is 69.1 Å². The first-order valence-electron chi connectivity index (χ1n) is 10.8. The SMILES string of the molecule is COc1ccc(CCC(=O)N2CCC[C@@H](c3nnc(C(=O)Nc4ccc(Cl)cc4)s3)C2)cc1. The van der Waals surface area contributed by atoms with Gasteiger partial charge in [-0.15, -0.1) is 10.2 Å². The summed E-state index contributed by atoms with van der Waals surface area (Å²) in [7, 11) is 1.64. The van der Waals surface area contributed by atoms with Crippen LogP contribution in [0.4, 0.5) is 5.69 Å².